The maximum absolute atomic E-state index is 11.7. The van der Waals surface area contributed by atoms with Gasteiger partial charge in [0.25, 0.3) is 0 Å². The van der Waals surface area contributed by atoms with Crippen LogP contribution < -0.4 is 5.32 Å². The molecular weight excluding hydrogens is 479 g/mol. The van der Waals surface area contributed by atoms with Crippen molar-refractivity contribution in [3.8, 4) is 0 Å². The Hall–Kier alpha value is -0.880. The molecule has 3 rings (SSSR count). The van der Waals surface area contributed by atoms with Crippen molar-refractivity contribution in [2.75, 3.05) is 46.0 Å². The van der Waals surface area contributed by atoms with Gasteiger partial charge in [-0.25, -0.2) is 17.7 Å². The predicted molar refractivity (Wildman–Crippen MR) is 118 cm³/mol. The molecule has 0 amide bonds. The van der Waals surface area contributed by atoms with Crippen LogP contribution in [-0.2, 0) is 10.0 Å². The quantitative estimate of drug-likeness (QED) is 0.375. The largest absolute Gasteiger partial charge is 0.356 e. The summed E-state index contributed by atoms with van der Waals surface area (Å²) in [6, 6.07) is 0.386. The van der Waals surface area contributed by atoms with Gasteiger partial charge in [-0.2, -0.15) is 0 Å². The molecule has 1 aromatic heterocycles. The summed E-state index contributed by atoms with van der Waals surface area (Å²) in [7, 11) is -1.27. The molecule has 1 aromatic rings. The minimum Gasteiger partial charge on any atom is -0.356 e. The van der Waals surface area contributed by atoms with Crippen molar-refractivity contribution in [2.45, 2.75) is 25.8 Å². The molecule has 10 heteroatoms. The normalized spacial score (nSPS) is 27.4. The van der Waals surface area contributed by atoms with Gasteiger partial charge >= 0.3 is 0 Å². The monoisotopic (exact) mass is 510 g/mol. The number of nitrogens with zero attached hydrogens (tertiary/aromatic N) is 5. The second-order valence-corrected chi connectivity index (χ2v) is 9.48. The first kappa shape index (κ1) is 22.4. The molecule has 2 saturated heterocycles. The van der Waals surface area contributed by atoms with E-state index in [1.54, 1.807) is 4.31 Å². The number of sulfonamides is 1. The van der Waals surface area contributed by atoms with Gasteiger partial charge < -0.3 is 14.8 Å². The first-order valence-electron chi connectivity index (χ1n) is 9.26. The van der Waals surface area contributed by atoms with Gasteiger partial charge in [0.2, 0.25) is 10.0 Å². The van der Waals surface area contributed by atoms with Crippen LogP contribution in [0.5, 0.6) is 0 Å². The van der Waals surface area contributed by atoms with E-state index in [0.29, 0.717) is 31.0 Å². The molecule has 0 bridgehead atoms. The Morgan fingerprint density at radius 2 is 2.07 bits per heavy atom. The molecule has 2 aliphatic rings. The average molecular weight is 510 g/mol. The van der Waals surface area contributed by atoms with Crippen molar-refractivity contribution < 1.29 is 8.42 Å². The summed E-state index contributed by atoms with van der Waals surface area (Å²) in [5, 5.41) is 3.46. The highest BCUT2D eigenvalue weighted by atomic mass is 127. The topological polar surface area (TPSA) is 82.8 Å². The molecule has 154 valence electrons. The third kappa shape index (κ3) is 5.57. The first-order valence-corrected chi connectivity index (χ1v) is 11.1. The lowest BCUT2D eigenvalue weighted by molar-refractivity contribution is 0.188. The van der Waals surface area contributed by atoms with Crippen LogP contribution in [0.4, 0.5) is 0 Å². The molecular formula is C17H31IN6O2S. The van der Waals surface area contributed by atoms with Gasteiger partial charge in [0.05, 0.1) is 18.6 Å². The Labute approximate surface area is 179 Å². The Bertz CT molecular complexity index is 724. The van der Waals surface area contributed by atoms with Crippen LogP contribution in [0.3, 0.4) is 0 Å². The van der Waals surface area contributed by atoms with Gasteiger partial charge in [-0.15, -0.1) is 24.0 Å². The molecule has 0 spiro atoms. The maximum atomic E-state index is 11.7. The Morgan fingerprint density at radius 3 is 2.67 bits per heavy atom. The molecule has 2 aliphatic heterocycles. The van der Waals surface area contributed by atoms with Crippen molar-refractivity contribution in [3.63, 3.8) is 0 Å². The molecule has 0 saturated carbocycles. The van der Waals surface area contributed by atoms with Crippen molar-refractivity contribution in [3.05, 3.63) is 18.7 Å². The zero-order valence-corrected chi connectivity index (χ0v) is 19.4. The summed E-state index contributed by atoms with van der Waals surface area (Å²) in [5.41, 5.74) is 0. The molecule has 0 aromatic carbocycles. The van der Waals surface area contributed by atoms with Crippen LogP contribution in [0, 0.1) is 11.8 Å². The van der Waals surface area contributed by atoms with E-state index in [1.807, 2.05) is 25.8 Å². The number of aliphatic imine (C=N–C) groups is 1. The molecule has 1 N–H and O–H groups in total. The lowest BCUT2D eigenvalue weighted by atomic mass is 9.93. The summed E-state index contributed by atoms with van der Waals surface area (Å²) >= 11 is 0. The lowest BCUT2D eigenvalue weighted by Gasteiger charge is -2.39. The van der Waals surface area contributed by atoms with Crippen molar-refractivity contribution in [1.82, 2.24) is 24.1 Å². The minimum atomic E-state index is -3.08. The first-order chi connectivity index (χ1) is 12.4. The number of rotatable bonds is 4. The third-order valence-electron chi connectivity index (χ3n) is 5.60. The molecule has 3 unspecified atom stereocenters. The summed E-state index contributed by atoms with van der Waals surface area (Å²) < 4.78 is 27.1. The van der Waals surface area contributed by atoms with Crippen molar-refractivity contribution >= 4 is 40.0 Å². The SMILES string of the molecule is CN=C(NCC1CCN(S(C)(=O)=O)C1)N1CCC(C)C(n2ccnc2)C1.I. The number of piperidine rings is 1. The number of hydrogen-bond acceptors (Lipinski definition) is 4. The number of hydrogen-bond donors (Lipinski definition) is 1. The summed E-state index contributed by atoms with van der Waals surface area (Å²) in [6.45, 7) is 6.13. The molecule has 8 nitrogen and oxygen atoms in total. The van der Waals surface area contributed by atoms with Gasteiger partial charge in [-0.3, -0.25) is 4.99 Å². The highest BCUT2D eigenvalue weighted by molar-refractivity contribution is 14.0. The van der Waals surface area contributed by atoms with Crippen LogP contribution in [0.1, 0.15) is 25.8 Å². The average Bonchev–Trinajstić information content (AvgIpc) is 3.27. The van der Waals surface area contributed by atoms with Crippen LogP contribution in [0.15, 0.2) is 23.7 Å². The van der Waals surface area contributed by atoms with E-state index in [0.717, 1.165) is 38.4 Å². The number of aromatic nitrogens is 2. The molecule has 2 fully saturated rings. The summed E-state index contributed by atoms with van der Waals surface area (Å²) in [4.78, 5) is 10.9. The molecule has 3 heterocycles. The fourth-order valence-electron chi connectivity index (χ4n) is 3.93. The number of guanidine groups is 1. The number of nitrogens with one attached hydrogen (secondary N) is 1. The molecule has 0 aliphatic carbocycles. The lowest BCUT2D eigenvalue weighted by Crippen LogP contribution is -2.49. The van der Waals surface area contributed by atoms with E-state index < -0.39 is 10.0 Å². The second kappa shape index (κ2) is 9.55. The zero-order valence-electron chi connectivity index (χ0n) is 16.3. The fraction of sp³-hybridized carbons (Fsp3) is 0.765. The highest BCUT2D eigenvalue weighted by Crippen LogP contribution is 2.27. The predicted octanol–water partition coefficient (Wildman–Crippen LogP) is 1.24. The van der Waals surface area contributed by atoms with E-state index in [9.17, 15) is 8.42 Å². The summed E-state index contributed by atoms with van der Waals surface area (Å²) in [6.07, 6.45) is 9.03. The second-order valence-electron chi connectivity index (χ2n) is 7.49. The minimum absolute atomic E-state index is 0. The van der Waals surface area contributed by atoms with Crippen molar-refractivity contribution in [1.29, 1.82) is 0 Å². The summed E-state index contributed by atoms with van der Waals surface area (Å²) in [5.74, 6) is 1.83. The Morgan fingerprint density at radius 1 is 1.30 bits per heavy atom. The molecule has 27 heavy (non-hydrogen) atoms. The third-order valence-corrected chi connectivity index (χ3v) is 6.87. The Balaban J connectivity index is 0.00000261. The van der Waals surface area contributed by atoms with Crippen molar-refractivity contribution in [2.24, 2.45) is 16.8 Å². The van der Waals surface area contributed by atoms with E-state index in [-0.39, 0.29) is 24.0 Å². The van der Waals surface area contributed by atoms with Gasteiger partial charge in [0.1, 0.15) is 0 Å². The highest BCUT2D eigenvalue weighted by Gasteiger charge is 2.31. The van der Waals surface area contributed by atoms with Gasteiger partial charge in [0.15, 0.2) is 5.96 Å². The smallest absolute Gasteiger partial charge is 0.211 e. The van der Waals surface area contributed by atoms with Crippen LogP contribution >= 0.6 is 24.0 Å². The standard InChI is InChI=1S/C17H30N6O2S.HI/c1-14-4-7-21(12-16(14)22-9-6-19-13-22)17(18-2)20-10-15-5-8-23(11-15)26(3,24)25;/h6,9,13-16H,4-5,7-8,10-12H2,1-3H3,(H,18,20);1H. The van der Waals surface area contributed by atoms with E-state index >= 15 is 0 Å². The maximum Gasteiger partial charge on any atom is 0.211 e. The Kier molecular flexibility index (Phi) is 7.93. The van der Waals surface area contributed by atoms with Crippen LogP contribution in [-0.4, -0.2) is 79.2 Å². The van der Waals surface area contributed by atoms with Crippen LogP contribution in [0.25, 0.3) is 0 Å². The van der Waals surface area contributed by atoms with Crippen LogP contribution in [0.2, 0.25) is 0 Å². The van der Waals surface area contributed by atoms with E-state index in [4.69, 9.17) is 0 Å². The molecule has 3 atom stereocenters. The van der Waals surface area contributed by atoms with Gasteiger partial charge in [-0.05, 0) is 24.7 Å². The fourth-order valence-corrected chi connectivity index (χ4v) is 4.85. The number of likely N-dealkylation sites (tertiary alicyclic amines) is 1. The number of halogens is 1. The van der Waals surface area contributed by atoms with E-state index in [2.05, 4.69) is 31.7 Å². The van der Waals surface area contributed by atoms with Gasteiger partial charge in [-0.1, -0.05) is 6.92 Å². The number of imidazole rings is 1. The van der Waals surface area contributed by atoms with Gasteiger partial charge in [0, 0.05) is 52.2 Å². The van der Waals surface area contributed by atoms with E-state index in [1.165, 1.54) is 6.26 Å². The zero-order chi connectivity index (χ0) is 18.7. The molecule has 0 radical (unpaired) electrons.